The summed E-state index contributed by atoms with van der Waals surface area (Å²) in [7, 11) is 0. The van der Waals surface area contributed by atoms with Crippen molar-refractivity contribution in [2.75, 3.05) is 25.4 Å². The number of nitrogens with zero attached hydrogens (tertiary/aromatic N) is 3. The van der Waals surface area contributed by atoms with Gasteiger partial charge in [-0.1, -0.05) is 27.7 Å². The van der Waals surface area contributed by atoms with Gasteiger partial charge < -0.3 is 10.6 Å². The van der Waals surface area contributed by atoms with Crippen LogP contribution in [0.15, 0.2) is 0 Å². The Bertz CT molecular complexity index is 389. The van der Waals surface area contributed by atoms with Crippen molar-refractivity contribution in [2.45, 2.75) is 40.0 Å². The van der Waals surface area contributed by atoms with Crippen LogP contribution >= 0.6 is 22.6 Å². The second kappa shape index (κ2) is 7.23. The minimum atomic E-state index is 0.384. The second-order valence-electron chi connectivity index (χ2n) is 4.66. The second-order valence-corrected chi connectivity index (χ2v) is 5.73. The lowest BCUT2D eigenvalue weighted by Gasteiger charge is -2.18. The Labute approximate surface area is 124 Å². The molecule has 0 spiro atoms. The summed E-state index contributed by atoms with van der Waals surface area (Å²) >= 11 is 2.23. The van der Waals surface area contributed by atoms with E-state index in [1.807, 2.05) is 0 Å². The van der Waals surface area contributed by atoms with E-state index in [4.69, 9.17) is 5.73 Å². The van der Waals surface area contributed by atoms with Crippen molar-refractivity contribution in [1.29, 1.82) is 0 Å². The Hall–Kier alpha value is -0.430. The Morgan fingerprint density at radius 2 is 1.83 bits per heavy atom. The number of aromatic nitrogens is 2. The molecule has 0 saturated heterocycles. The summed E-state index contributed by atoms with van der Waals surface area (Å²) in [6.07, 6.45) is 0.864. The maximum atomic E-state index is 5.96. The van der Waals surface area contributed by atoms with Gasteiger partial charge in [0.05, 0.1) is 9.26 Å². The molecule has 0 aromatic carbocycles. The number of hydrogen-bond acceptors (Lipinski definition) is 4. The summed E-state index contributed by atoms with van der Waals surface area (Å²) < 4.78 is 0.995. The van der Waals surface area contributed by atoms with Gasteiger partial charge in [0.1, 0.15) is 11.6 Å². The zero-order valence-electron chi connectivity index (χ0n) is 11.7. The normalized spacial score (nSPS) is 11.5. The van der Waals surface area contributed by atoms with Crippen LogP contribution in [-0.4, -0.2) is 34.5 Å². The SMILES string of the molecule is CCN(CC)CCc1nc(N)c(I)c(C(C)C)n1. The summed E-state index contributed by atoms with van der Waals surface area (Å²) in [5, 5.41) is 0. The lowest BCUT2D eigenvalue weighted by atomic mass is 10.1. The van der Waals surface area contributed by atoms with Gasteiger partial charge in [-0.15, -0.1) is 0 Å². The van der Waals surface area contributed by atoms with Crippen LogP contribution in [0.3, 0.4) is 0 Å². The maximum Gasteiger partial charge on any atom is 0.140 e. The summed E-state index contributed by atoms with van der Waals surface area (Å²) in [6, 6.07) is 0. The van der Waals surface area contributed by atoms with Crippen LogP contribution in [0.4, 0.5) is 5.82 Å². The van der Waals surface area contributed by atoms with Crippen LogP contribution in [0.25, 0.3) is 0 Å². The molecule has 0 saturated carbocycles. The highest BCUT2D eigenvalue weighted by atomic mass is 127. The van der Waals surface area contributed by atoms with Crippen molar-refractivity contribution < 1.29 is 0 Å². The number of rotatable bonds is 6. The van der Waals surface area contributed by atoms with Crippen molar-refractivity contribution in [3.8, 4) is 0 Å². The monoisotopic (exact) mass is 362 g/mol. The molecule has 18 heavy (non-hydrogen) atoms. The van der Waals surface area contributed by atoms with E-state index in [0.717, 1.165) is 41.1 Å². The van der Waals surface area contributed by atoms with Crippen LogP contribution in [0, 0.1) is 3.57 Å². The van der Waals surface area contributed by atoms with E-state index in [1.54, 1.807) is 0 Å². The van der Waals surface area contributed by atoms with Gasteiger partial charge in [-0.05, 0) is 41.6 Å². The third-order valence-electron chi connectivity index (χ3n) is 3.04. The number of likely N-dealkylation sites (N-methyl/N-ethyl adjacent to an activating group) is 1. The summed E-state index contributed by atoms with van der Waals surface area (Å²) in [4.78, 5) is 11.4. The molecule has 1 heterocycles. The Kier molecular flexibility index (Phi) is 6.28. The molecule has 0 aliphatic heterocycles. The fourth-order valence-electron chi connectivity index (χ4n) is 1.82. The van der Waals surface area contributed by atoms with E-state index in [-0.39, 0.29) is 0 Å². The topological polar surface area (TPSA) is 55.0 Å². The highest BCUT2D eigenvalue weighted by Gasteiger charge is 2.13. The van der Waals surface area contributed by atoms with Crippen LogP contribution in [0.5, 0.6) is 0 Å². The molecule has 0 bridgehead atoms. The highest BCUT2D eigenvalue weighted by molar-refractivity contribution is 14.1. The fourth-order valence-corrected chi connectivity index (χ4v) is 2.69. The molecule has 1 rings (SSSR count). The Balaban J connectivity index is 2.84. The fraction of sp³-hybridized carbons (Fsp3) is 0.692. The lowest BCUT2D eigenvalue weighted by Crippen LogP contribution is -2.26. The first-order valence-electron chi connectivity index (χ1n) is 6.53. The Morgan fingerprint density at radius 1 is 1.22 bits per heavy atom. The average Bonchev–Trinajstić information content (AvgIpc) is 2.34. The van der Waals surface area contributed by atoms with E-state index in [0.29, 0.717) is 11.7 Å². The largest absolute Gasteiger partial charge is 0.383 e. The van der Waals surface area contributed by atoms with Crippen LogP contribution in [0.2, 0.25) is 0 Å². The van der Waals surface area contributed by atoms with Crippen LogP contribution in [-0.2, 0) is 6.42 Å². The van der Waals surface area contributed by atoms with Crippen molar-refractivity contribution in [2.24, 2.45) is 0 Å². The van der Waals surface area contributed by atoms with Crippen LogP contribution < -0.4 is 5.73 Å². The molecule has 0 atom stereocenters. The van der Waals surface area contributed by atoms with Gasteiger partial charge in [0.15, 0.2) is 0 Å². The van der Waals surface area contributed by atoms with Gasteiger partial charge in [-0.25, -0.2) is 9.97 Å². The molecule has 2 N–H and O–H groups in total. The van der Waals surface area contributed by atoms with Crippen LogP contribution in [0.1, 0.15) is 45.1 Å². The molecular formula is C13H23IN4. The first kappa shape index (κ1) is 15.6. The molecule has 0 radical (unpaired) electrons. The minimum Gasteiger partial charge on any atom is -0.383 e. The van der Waals surface area contributed by atoms with Crippen molar-refractivity contribution in [1.82, 2.24) is 14.9 Å². The van der Waals surface area contributed by atoms with Gasteiger partial charge in [0, 0.05) is 13.0 Å². The zero-order valence-corrected chi connectivity index (χ0v) is 13.9. The quantitative estimate of drug-likeness (QED) is 0.791. The van der Waals surface area contributed by atoms with E-state index in [1.165, 1.54) is 0 Å². The number of hydrogen-bond donors (Lipinski definition) is 1. The molecule has 0 aliphatic carbocycles. The molecule has 5 heteroatoms. The Morgan fingerprint density at radius 3 is 2.33 bits per heavy atom. The number of nitrogen functional groups attached to an aromatic ring is 1. The van der Waals surface area contributed by atoms with Gasteiger partial charge in [-0.3, -0.25) is 0 Å². The standard InChI is InChI=1S/C13H23IN4/c1-5-18(6-2)8-7-10-16-12(9(3)4)11(14)13(15)17-10/h9H,5-8H2,1-4H3,(H2,15,16,17). The average molecular weight is 362 g/mol. The molecule has 0 aliphatic rings. The smallest absolute Gasteiger partial charge is 0.140 e. The number of nitrogens with two attached hydrogens (primary N) is 1. The summed E-state index contributed by atoms with van der Waals surface area (Å²) in [6.45, 7) is 11.7. The van der Waals surface area contributed by atoms with E-state index < -0.39 is 0 Å². The van der Waals surface area contributed by atoms with Crippen molar-refractivity contribution >= 4 is 28.4 Å². The van der Waals surface area contributed by atoms with Gasteiger partial charge in [-0.2, -0.15) is 0 Å². The molecule has 1 aromatic heterocycles. The lowest BCUT2D eigenvalue weighted by molar-refractivity contribution is 0.305. The molecule has 0 amide bonds. The molecule has 1 aromatic rings. The third kappa shape index (κ3) is 4.05. The summed E-state index contributed by atoms with van der Waals surface area (Å²) in [5.41, 5.74) is 7.03. The van der Waals surface area contributed by atoms with E-state index in [9.17, 15) is 0 Å². The summed E-state index contributed by atoms with van der Waals surface area (Å²) in [5.74, 6) is 1.86. The predicted octanol–water partition coefficient (Wildman–Crippen LogP) is 2.67. The van der Waals surface area contributed by atoms with Crippen molar-refractivity contribution in [3.63, 3.8) is 0 Å². The molecule has 4 nitrogen and oxygen atoms in total. The minimum absolute atomic E-state index is 0.384. The molecule has 102 valence electrons. The number of halogens is 1. The maximum absolute atomic E-state index is 5.96. The first-order valence-corrected chi connectivity index (χ1v) is 7.61. The number of anilines is 1. The van der Waals surface area contributed by atoms with Gasteiger partial charge >= 0.3 is 0 Å². The molecule has 0 unspecified atom stereocenters. The van der Waals surface area contributed by atoms with E-state index >= 15 is 0 Å². The molecule has 0 fully saturated rings. The van der Waals surface area contributed by atoms with Crippen molar-refractivity contribution in [3.05, 3.63) is 15.1 Å². The third-order valence-corrected chi connectivity index (χ3v) is 4.15. The highest BCUT2D eigenvalue weighted by Crippen LogP contribution is 2.23. The van der Waals surface area contributed by atoms with Gasteiger partial charge in [0.25, 0.3) is 0 Å². The molecular weight excluding hydrogens is 339 g/mol. The first-order chi connectivity index (χ1) is 8.49. The van der Waals surface area contributed by atoms with E-state index in [2.05, 4.69) is 65.2 Å². The predicted molar refractivity (Wildman–Crippen MR) is 84.7 cm³/mol. The van der Waals surface area contributed by atoms with Gasteiger partial charge in [0.2, 0.25) is 0 Å². The zero-order chi connectivity index (χ0) is 13.7.